The molecule has 142 valence electrons. The average Bonchev–Trinajstić information content (AvgIpc) is 2.75. The molecule has 0 aromatic carbocycles. The van der Waals surface area contributed by atoms with Gasteiger partial charge < -0.3 is 14.9 Å². The molecule has 3 N–H and O–H groups in total. The summed E-state index contributed by atoms with van der Waals surface area (Å²) < 4.78 is 44.2. The molecule has 0 fully saturated rings. The van der Waals surface area contributed by atoms with E-state index in [0.717, 1.165) is 23.2 Å². The normalized spacial score (nSPS) is 11.9. The molecule has 10 heteroatoms. The van der Waals surface area contributed by atoms with E-state index in [-0.39, 0.29) is 23.1 Å². The van der Waals surface area contributed by atoms with Crippen LogP contribution in [0.3, 0.4) is 0 Å². The van der Waals surface area contributed by atoms with Crippen molar-refractivity contribution >= 4 is 23.5 Å². The number of rotatable bonds is 6. The standard InChI is InChI=1S/C16H17ClF3N3O3/c1-3-7-26-8-6-10-9(2)14(24)23(15(10)25)22-12-5-4-11(13(17)21-12)16(18,19)20/h4-6,8,24-25H,3,7H2,1-2H3,(H,21,22). The van der Waals surface area contributed by atoms with Crippen molar-refractivity contribution in [2.75, 3.05) is 12.0 Å². The van der Waals surface area contributed by atoms with Crippen LogP contribution in [0.15, 0.2) is 18.4 Å². The number of hydrogen-bond acceptors (Lipinski definition) is 5. The van der Waals surface area contributed by atoms with Crippen LogP contribution < -0.4 is 5.43 Å². The molecule has 0 saturated carbocycles. The summed E-state index contributed by atoms with van der Waals surface area (Å²) in [6, 6.07) is 1.78. The minimum atomic E-state index is -4.63. The third kappa shape index (κ3) is 4.16. The fraction of sp³-hybridized carbons (Fsp3) is 0.312. The number of aromatic nitrogens is 2. The van der Waals surface area contributed by atoms with Gasteiger partial charge in [-0.2, -0.15) is 17.8 Å². The lowest BCUT2D eigenvalue weighted by Gasteiger charge is -2.12. The highest BCUT2D eigenvalue weighted by molar-refractivity contribution is 6.30. The molecule has 2 aromatic rings. The van der Waals surface area contributed by atoms with Gasteiger partial charge in [0.1, 0.15) is 11.0 Å². The number of hydrogen-bond donors (Lipinski definition) is 3. The molecular formula is C16H17ClF3N3O3. The summed E-state index contributed by atoms with van der Waals surface area (Å²) >= 11 is 5.56. The second-order valence-electron chi connectivity index (χ2n) is 5.34. The van der Waals surface area contributed by atoms with E-state index in [1.807, 2.05) is 6.92 Å². The van der Waals surface area contributed by atoms with Crippen LogP contribution in [0.1, 0.15) is 30.0 Å². The van der Waals surface area contributed by atoms with Gasteiger partial charge in [-0.25, -0.2) is 4.98 Å². The maximum atomic E-state index is 12.7. The predicted octanol–water partition coefficient (Wildman–Crippen LogP) is 4.55. The Bertz CT molecular complexity index is 819. The van der Waals surface area contributed by atoms with Crippen LogP contribution in [-0.2, 0) is 10.9 Å². The van der Waals surface area contributed by atoms with E-state index in [1.165, 1.54) is 12.3 Å². The molecule has 0 bridgehead atoms. The summed E-state index contributed by atoms with van der Waals surface area (Å²) in [5, 5.41) is 19.6. The third-order valence-corrected chi connectivity index (χ3v) is 3.73. The molecular weight excluding hydrogens is 375 g/mol. The van der Waals surface area contributed by atoms with Crippen LogP contribution in [0.4, 0.5) is 19.0 Å². The summed E-state index contributed by atoms with van der Waals surface area (Å²) in [5.74, 6) is -0.800. The first-order valence-electron chi connectivity index (χ1n) is 7.59. The first-order chi connectivity index (χ1) is 12.2. The van der Waals surface area contributed by atoms with Crippen LogP contribution in [0.25, 0.3) is 6.08 Å². The van der Waals surface area contributed by atoms with Gasteiger partial charge in [-0.3, -0.25) is 5.43 Å². The zero-order valence-electron chi connectivity index (χ0n) is 13.9. The number of ether oxygens (including phenoxy) is 1. The van der Waals surface area contributed by atoms with E-state index in [4.69, 9.17) is 16.3 Å². The maximum Gasteiger partial charge on any atom is 0.419 e. The third-order valence-electron chi connectivity index (χ3n) is 3.44. The Labute approximate surface area is 152 Å². The van der Waals surface area contributed by atoms with Crippen LogP contribution in [0.5, 0.6) is 11.8 Å². The van der Waals surface area contributed by atoms with Gasteiger partial charge in [0.15, 0.2) is 0 Å². The van der Waals surface area contributed by atoms with Crippen LogP contribution in [-0.4, -0.2) is 26.5 Å². The summed E-state index contributed by atoms with van der Waals surface area (Å²) in [6.07, 6.45) is -0.981. The van der Waals surface area contributed by atoms with Gasteiger partial charge in [0.2, 0.25) is 11.8 Å². The van der Waals surface area contributed by atoms with Gasteiger partial charge in [-0.1, -0.05) is 18.5 Å². The molecule has 6 nitrogen and oxygen atoms in total. The fourth-order valence-electron chi connectivity index (χ4n) is 2.11. The monoisotopic (exact) mass is 391 g/mol. The SMILES string of the molecule is CCCOC=Cc1c(C)c(O)n(Nc2ccc(C(F)(F)F)c(Cl)n2)c1O. The van der Waals surface area contributed by atoms with E-state index < -0.39 is 16.9 Å². The Morgan fingerprint density at radius 2 is 2.00 bits per heavy atom. The number of anilines is 1. The summed E-state index contributed by atoms with van der Waals surface area (Å²) in [7, 11) is 0. The van der Waals surface area contributed by atoms with Gasteiger partial charge >= 0.3 is 6.18 Å². The van der Waals surface area contributed by atoms with Crippen LogP contribution >= 0.6 is 11.6 Å². The maximum absolute atomic E-state index is 12.7. The molecule has 2 heterocycles. The Morgan fingerprint density at radius 3 is 2.58 bits per heavy atom. The molecule has 0 spiro atoms. The van der Waals surface area contributed by atoms with E-state index in [1.54, 1.807) is 6.92 Å². The highest BCUT2D eigenvalue weighted by Gasteiger charge is 2.34. The molecule has 0 amide bonds. The lowest BCUT2D eigenvalue weighted by molar-refractivity contribution is -0.137. The molecule has 2 rings (SSSR count). The highest BCUT2D eigenvalue weighted by Crippen LogP contribution is 2.36. The van der Waals surface area contributed by atoms with Crippen molar-refractivity contribution in [1.82, 2.24) is 9.66 Å². The van der Waals surface area contributed by atoms with Crippen molar-refractivity contribution < 1.29 is 28.1 Å². The topological polar surface area (TPSA) is 79.5 Å². The largest absolute Gasteiger partial charge is 0.501 e. The summed E-state index contributed by atoms with van der Waals surface area (Å²) in [5.41, 5.74) is 2.04. The number of aromatic hydroxyl groups is 2. The Morgan fingerprint density at radius 1 is 1.31 bits per heavy atom. The smallest absolute Gasteiger partial charge is 0.419 e. The number of nitrogens with one attached hydrogen (secondary N) is 1. The van der Waals surface area contributed by atoms with Crippen molar-refractivity contribution in [2.24, 2.45) is 0 Å². The van der Waals surface area contributed by atoms with Gasteiger partial charge in [0, 0.05) is 11.1 Å². The van der Waals surface area contributed by atoms with Crippen molar-refractivity contribution in [2.45, 2.75) is 26.4 Å². The minimum Gasteiger partial charge on any atom is -0.501 e. The molecule has 0 aliphatic heterocycles. The van der Waals surface area contributed by atoms with E-state index in [0.29, 0.717) is 12.2 Å². The number of alkyl halides is 3. The zero-order valence-corrected chi connectivity index (χ0v) is 14.7. The van der Waals surface area contributed by atoms with Crippen molar-refractivity contribution in [3.05, 3.63) is 40.2 Å². The lowest BCUT2D eigenvalue weighted by Crippen LogP contribution is -2.12. The van der Waals surface area contributed by atoms with Crippen LogP contribution in [0, 0.1) is 6.92 Å². The van der Waals surface area contributed by atoms with Crippen molar-refractivity contribution in [3.8, 4) is 11.8 Å². The predicted molar refractivity (Wildman–Crippen MR) is 91.0 cm³/mol. The summed E-state index contributed by atoms with van der Waals surface area (Å²) in [4.78, 5) is 3.59. The van der Waals surface area contributed by atoms with Gasteiger partial charge in [0.25, 0.3) is 0 Å². The average molecular weight is 392 g/mol. The molecule has 0 saturated heterocycles. The number of pyridine rings is 1. The van der Waals surface area contributed by atoms with Crippen molar-refractivity contribution in [3.63, 3.8) is 0 Å². The molecule has 0 aliphatic rings. The minimum absolute atomic E-state index is 0.0960. The molecule has 0 radical (unpaired) electrons. The summed E-state index contributed by atoms with van der Waals surface area (Å²) in [6.45, 7) is 3.99. The number of nitrogens with zero attached hydrogens (tertiary/aromatic N) is 2. The van der Waals surface area contributed by atoms with Gasteiger partial charge in [-0.05, 0) is 31.6 Å². The quantitative estimate of drug-likeness (QED) is 0.382. The molecule has 0 atom stereocenters. The zero-order chi connectivity index (χ0) is 19.5. The van der Waals surface area contributed by atoms with Gasteiger partial charge in [-0.15, -0.1) is 0 Å². The molecule has 0 unspecified atom stereocenters. The van der Waals surface area contributed by atoms with Crippen LogP contribution in [0.2, 0.25) is 5.15 Å². The molecule has 0 aliphatic carbocycles. The second kappa shape index (κ2) is 7.77. The molecule has 2 aromatic heterocycles. The fourth-order valence-corrected chi connectivity index (χ4v) is 2.37. The number of halogens is 4. The second-order valence-corrected chi connectivity index (χ2v) is 5.70. The van der Waals surface area contributed by atoms with E-state index >= 15 is 0 Å². The van der Waals surface area contributed by atoms with Gasteiger partial charge in [0.05, 0.1) is 18.4 Å². The Hall–Kier alpha value is -2.55. The highest BCUT2D eigenvalue weighted by atomic mass is 35.5. The Balaban J connectivity index is 2.30. The lowest BCUT2D eigenvalue weighted by atomic mass is 10.2. The van der Waals surface area contributed by atoms with E-state index in [9.17, 15) is 23.4 Å². The first kappa shape index (κ1) is 19.8. The Kier molecular flexibility index (Phi) is 5.91. The van der Waals surface area contributed by atoms with Crippen molar-refractivity contribution in [1.29, 1.82) is 0 Å². The molecule has 26 heavy (non-hydrogen) atoms. The van der Waals surface area contributed by atoms with E-state index in [2.05, 4.69) is 10.4 Å². The first-order valence-corrected chi connectivity index (χ1v) is 7.96.